The first-order valence-corrected chi connectivity index (χ1v) is 4.22. The maximum atomic E-state index is 7.47. The van der Waals surface area contributed by atoms with Crippen LogP contribution in [0.15, 0.2) is 0 Å². The molecular formula is C7H16N4O. The average molecular weight is 172 g/mol. The molecule has 1 rings (SSSR count). The summed E-state index contributed by atoms with van der Waals surface area (Å²) in [6.07, 6.45) is 1.83. The van der Waals surface area contributed by atoms with Crippen LogP contribution in [0.4, 0.5) is 0 Å². The summed E-state index contributed by atoms with van der Waals surface area (Å²) in [7, 11) is 0. The quantitative estimate of drug-likeness (QED) is 0.292. The summed E-state index contributed by atoms with van der Waals surface area (Å²) in [5.74, 6) is 0. The molecule has 1 unspecified atom stereocenters. The molecule has 0 bridgehead atoms. The third-order valence-electron chi connectivity index (χ3n) is 1.65. The van der Waals surface area contributed by atoms with Crippen LogP contribution in [0.2, 0.25) is 0 Å². The molecule has 0 aromatic carbocycles. The van der Waals surface area contributed by atoms with Crippen LogP contribution in [0.1, 0.15) is 19.8 Å². The molecule has 70 valence electrons. The van der Waals surface area contributed by atoms with Gasteiger partial charge in [-0.15, -0.1) is 0 Å². The Morgan fingerprint density at radius 1 is 1.67 bits per heavy atom. The second kappa shape index (κ2) is 4.27. The summed E-state index contributed by atoms with van der Waals surface area (Å²) < 4.78 is 5.01. The molecule has 1 fully saturated rings. The fourth-order valence-electron chi connectivity index (χ4n) is 1.10. The molecule has 1 aliphatic heterocycles. The van der Waals surface area contributed by atoms with Crippen molar-refractivity contribution < 1.29 is 4.74 Å². The Kier molecular flexibility index (Phi) is 3.31. The van der Waals surface area contributed by atoms with Crippen molar-refractivity contribution >= 4 is 6.02 Å². The molecule has 0 aliphatic carbocycles. The molecule has 0 amide bonds. The van der Waals surface area contributed by atoms with Gasteiger partial charge < -0.3 is 4.74 Å². The number of nitrogens with zero attached hydrogens (tertiary/aromatic N) is 1. The van der Waals surface area contributed by atoms with E-state index < -0.39 is 6.23 Å². The lowest BCUT2D eigenvalue weighted by molar-refractivity contribution is 0.130. The predicted molar refractivity (Wildman–Crippen MR) is 46.4 cm³/mol. The van der Waals surface area contributed by atoms with E-state index in [1.54, 1.807) is 11.9 Å². The van der Waals surface area contributed by atoms with Crippen molar-refractivity contribution in [3.63, 3.8) is 0 Å². The number of hydrazine groups is 1. The van der Waals surface area contributed by atoms with Crippen LogP contribution in [0.25, 0.3) is 0 Å². The van der Waals surface area contributed by atoms with Crippen molar-refractivity contribution in [2.45, 2.75) is 26.0 Å². The van der Waals surface area contributed by atoms with E-state index in [2.05, 4.69) is 5.43 Å². The molecular weight excluding hydrogens is 156 g/mol. The number of nitrogens with one attached hydrogen (secondary N) is 2. The largest absolute Gasteiger partial charge is 0.446 e. The summed E-state index contributed by atoms with van der Waals surface area (Å²) in [6, 6.07) is 0.115. The van der Waals surface area contributed by atoms with Gasteiger partial charge in [-0.1, -0.05) is 0 Å². The molecule has 0 aromatic heterocycles. The van der Waals surface area contributed by atoms with Crippen molar-refractivity contribution in [3.8, 4) is 0 Å². The Morgan fingerprint density at radius 3 is 2.92 bits per heavy atom. The molecule has 0 spiro atoms. The minimum absolute atomic E-state index is 0.115. The fourth-order valence-corrected chi connectivity index (χ4v) is 1.10. The van der Waals surface area contributed by atoms with Crippen molar-refractivity contribution in [1.29, 1.82) is 5.41 Å². The van der Waals surface area contributed by atoms with E-state index in [4.69, 9.17) is 15.9 Å². The molecule has 1 heterocycles. The van der Waals surface area contributed by atoms with Crippen LogP contribution < -0.4 is 11.2 Å². The second-order valence-electron chi connectivity index (χ2n) is 2.89. The van der Waals surface area contributed by atoms with Gasteiger partial charge >= 0.3 is 6.02 Å². The number of amidine groups is 1. The van der Waals surface area contributed by atoms with Gasteiger partial charge in [0.2, 0.25) is 0 Å². The first-order valence-electron chi connectivity index (χ1n) is 4.22. The van der Waals surface area contributed by atoms with E-state index in [-0.39, 0.29) is 6.02 Å². The van der Waals surface area contributed by atoms with Crippen molar-refractivity contribution in [3.05, 3.63) is 0 Å². The fraction of sp³-hybridized carbons (Fsp3) is 0.857. The highest BCUT2D eigenvalue weighted by molar-refractivity contribution is 5.69. The van der Waals surface area contributed by atoms with Gasteiger partial charge in [0.25, 0.3) is 0 Å². The summed E-state index contributed by atoms with van der Waals surface area (Å²) in [6.45, 7) is 3.44. The third kappa shape index (κ3) is 2.67. The smallest absolute Gasteiger partial charge is 0.300 e. The number of hydrogen-bond donors (Lipinski definition) is 3. The Labute approximate surface area is 72.3 Å². The summed E-state index contributed by atoms with van der Waals surface area (Å²) in [5.41, 5.74) is 8.43. The SMILES string of the molecule is CC(N)OC(=N)N1CCCCN1. The van der Waals surface area contributed by atoms with E-state index in [0.29, 0.717) is 0 Å². The highest BCUT2D eigenvalue weighted by Gasteiger charge is 2.14. The van der Waals surface area contributed by atoms with E-state index in [9.17, 15) is 0 Å². The Bertz CT molecular complexity index is 153. The van der Waals surface area contributed by atoms with Crippen molar-refractivity contribution in [2.24, 2.45) is 5.73 Å². The van der Waals surface area contributed by atoms with Crippen molar-refractivity contribution in [2.75, 3.05) is 13.1 Å². The highest BCUT2D eigenvalue weighted by Crippen LogP contribution is 2.00. The standard InChI is InChI=1S/C7H16N4O/c1-6(8)12-7(9)11-5-3-2-4-10-11/h6,9-10H,2-5,8H2,1H3. The highest BCUT2D eigenvalue weighted by atomic mass is 16.5. The zero-order chi connectivity index (χ0) is 8.97. The van der Waals surface area contributed by atoms with Gasteiger partial charge in [0.15, 0.2) is 0 Å². The van der Waals surface area contributed by atoms with Crippen LogP contribution in [-0.4, -0.2) is 30.3 Å². The zero-order valence-corrected chi connectivity index (χ0v) is 7.34. The van der Waals surface area contributed by atoms with Crippen LogP contribution >= 0.6 is 0 Å². The summed E-state index contributed by atoms with van der Waals surface area (Å²) in [5, 5.41) is 9.16. The molecule has 5 heteroatoms. The average Bonchev–Trinajstić information content (AvgIpc) is 2.05. The Morgan fingerprint density at radius 2 is 2.42 bits per heavy atom. The lowest BCUT2D eigenvalue weighted by atomic mass is 10.3. The van der Waals surface area contributed by atoms with Gasteiger partial charge in [-0.3, -0.25) is 16.2 Å². The number of hydrogen-bond acceptors (Lipinski definition) is 4. The van der Waals surface area contributed by atoms with Gasteiger partial charge in [-0.25, -0.2) is 5.43 Å². The number of ether oxygens (including phenoxy) is 1. The summed E-state index contributed by atoms with van der Waals surface area (Å²) >= 11 is 0. The number of rotatable bonds is 1. The molecule has 1 saturated heterocycles. The molecule has 1 atom stereocenters. The molecule has 5 nitrogen and oxygen atoms in total. The van der Waals surface area contributed by atoms with Gasteiger partial charge in [0.05, 0.1) is 0 Å². The molecule has 0 aromatic rings. The molecule has 0 radical (unpaired) electrons. The maximum absolute atomic E-state index is 7.47. The van der Waals surface area contributed by atoms with E-state index in [1.807, 2.05) is 0 Å². The maximum Gasteiger partial charge on any atom is 0.300 e. The van der Waals surface area contributed by atoms with Crippen LogP contribution in [0.3, 0.4) is 0 Å². The van der Waals surface area contributed by atoms with Gasteiger partial charge in [-0.05, 0) is 19.8 Å². The predicted octanol–water partition coefficient (Wildman–Crippen LogP) is -0.157. The monoisotopic (exact) mass is 172 g/mol. The normalized spacial score (nSPS) is 20.3. The minimum atomic E-state index is -0.416. The third-order valence-corrected chi connectivity index (χ3v) is 1.65. The lowest BCUT2D eigenvalue weighted by Crippen LogP contribution is -2.49. The Hall–Kier alpha value is -0.810. The molecule has 12 heavy (non-hydrogen) atoms. The first kappa shape index (κ1) is 9.28. The molecule has 1 aliphatic rings. The zero-order valence-electron chi connectivity index (χ0n) is 7.34. The van der Waals surface area contributed by atoms with E-state index in [1.165, 1.54) is 0 Å². The van der Waals surface area contributed by atoms with E-state index >= 15 is 0 Å². The molecule has 0 saturated carbocycles. The Balaban J connectivity index is 2.30. The summed E-state index contributed by atoms with van der Waals surface area (Å²) in [4.78, 5) is 0. The lowest BCUT2D eigenvalue weighted by Gasteiger charge is -2.29. The van der Waals surface area contributed by atoms with Gasteiger partial charge in [0.1, 0.15) is 6.23 Å². The molecule has 4 N–H and O–H groups in total. The van der Waals surface area contributed by atoms with Crippen molar-refractivity contribution in [1.82, 2.24) is 10.4 Å². The van der Waals surface area contributed by atoms with Gasteiger partial charge in [-0.2, -0.15) is 0 Å². The second-order valence-corrected chi connectivity index (χ2v) is 2.89. The minimum Gasteiger partial charge on any atom is -0.446 e. The topological polar surface area (TPSA) is 74.4 Å². The van der Waals surface area contributed by atoms with Crippen LogP contribution in [-0.2, 0) is 4.74 Å². The number of nitrogens with two attached hydrogens (primary N) is 1. The first-order chi connectivity index (χ1) is 5.70. The van der Waals surface area contributed by atoms with E-state index in [0.717, 1.165) is 25.9 Å². The van der Waals surface area contributed by atoms with Crippen LogP contribution in [0, 0.1) is 5.41 Å². The van der Waals surface area contributed by atoms with Gasteiger partial charge in [0, 0.05) is 13.1 Å². The van der Waals surface area contributed by atoms with Crippen LogP contribution in [0.5, 0.6) is 0 Å².